The summed E-state index contributed by atoms with van der Waals surface area (Å²) in [5.41, 5.74) is 0.0619. The predicted octanol–water partition coefficient (Wildman–Crippen LogP) is 4.46. The van der Waals surface area contributed by atoms with Crippen molar-refractivity contribution in [3.05, 3.63) is 93.4 Å². The second kappa shape index (κ2) is 8.72. The lowest BCUT2D eigenvalue weighted by Gasteiger charge is -2.08. The van der Waals surface area contributed by atoms with Crippen LogP contribution in [0.2, 0.25) is 0 Å². The maximum absolute atomic E-state index is 12.6. The molecule has 0 spiro atoms. The number of rotatable bonds is 7. The Bertz CT molecular complexity index is 1450. The number of benzene rings is 2. The van der Waals surface area contributed by atoms with Crippen LogP contribution in [0.15, 0.2) is 78.1 Å². The van der Waals surface area contributed by atoms with Crippen molar-refractivity contribution in [2.24, 2.45) is 0 Å². The summed E-state index contributed by atoms with van der Waals surface area (Å²) in [6.07, 6.45) is 5.04. The molecule has 0 amide bonds. The molecule has 0 saturated heterocycles. The number of nitro benzene ring substituents is 2. The average molecular weight is 484 g/mol. The number of non-ortho nitro benzene ring substituents is 1. The van der Waals surface area contributed by atoms with Gasteiger partial charge in [0.25, 0.3) is 11.4 Å². The zero-order valence-corrected chi connectivity index (χ0v) is 18.0. The van der Waals surface area contributed by atoms with Crippen LogP contribution in [0, 0.1) is 20.2 Å². The fourth-order valence-electron chi connectivity index (χ4n) is 2.85. The molecule has 33 heavy (non-hydrogen) atoms. The minimum atomic E-state index is -4.62. The molecule has 0 atom stereocenters. The average Bonchev–Trinajstić information content (AvgIpc) is 3.30. The highest BCUT2D eigenvalue weighted by Crippen LogP contribution is 2.34. The molecule has 0 unspecified atom stereocenters. The Hall–Kier alpha value is -4.23. The van der Waals surface area contributed by atoms with Gasteiger partial charge in [-0.1, -0.05) is 0 Å². The Morgan fingerprint density at radius 2 is 1.67 bits per heavy atom. The monoisotopic (exact) mass is 484 g/mol. The first-order chi connectivity index (χ1) is 15.7. The Kier molecular flexibility index (Phi) is 5.81. The molecule has 0 saturated carbocycles. The maximum atomic E-state index is 12.6. The summed E-state index contributed by atoms with van der Waals surface area (Å²) in [5, 5.41) is 22.9. The minimum absolute atomic E-state index is 0.0802. The van der Waals surface area contributed by atoms with E-state index in [1.165, 1.54) is 23.5 Å². The van der Waals surface area contributed by atoms with E-state index in [-0.39, 0.29) is 5.75 Å². The lowest BCUT2D eigenvalue weighted by molar-refractivity contribution is -0.396. The number of hydrogen-bond donors (Lipinski definition) is 0. The van der Waals surface area contributed by atoms with Gasteiger partial charge in [0.15, 0.2) is 4.90 Å². The number of nitro groups is 2. The van der Waals surface area contributed by atoms with Crippen LogP contribution < -0.4 is 4.18 Å². The van der Waals surface area contributed by atoms with E-state index in [1.807, 2.05) is 6.07 Å². The van der Waals surface area contributed by atoms with Crippen LogP contribution in [0.4, 0.5) is 11.4 Å². The molecule has 166 valence electrons. The smallest absolute Gasteiger partial charge is 0.346 e. The highest BCUT2D eigenvalue weighted by atomic mass is 32.2. The summed E-state index contributed by atoms with van der Waals surface area (Å²) in [4.78, 5) is 28.7. The number of thiazole rings is 1. The van der Waals surface area contributed by atoms with Crippen LogP contribution in [0.5, 0.6) is 5.75 Å². The largest absolute Gasteiger partial charge is 0.379 e. The molecule has 0 aliphatic heterocycles. The van der Waals surface area contributed by atoms with Gasteiger partial charge in [-0.2, -0.15) is 8.42 Å². The van der Waals surface area contributed by atoms with Crippen molar-refractivity contribution in [1.29, 1.82) is 0 Å². The summed E-state index contributed by atoms with van der Waals surface area (Å²) in [7, 11) is -4.62. The van der Waals surface area contributed by atoms with Crippen molar-refractivity contribution >= 4 is 32.8 Å². The zero-order valence-electron chi connectivity index (χ0n) is 16.4. The molecule has 2 aromatic carbocycles. The third-order valence-corrected chi connectivity index (χ3v) is 6.77. The highest BCUT2D eigenvalue weighted by Gasteiger charge is 2.30. The Balaban J connectivity index is 1.58. The summed E-state index contributed by atoms with van der Waals surface area (Å²) in [6.45, 7) is 0. The second-order valence-corrected chi connectivity index (χ2v) is 9.04. The van der Waals surface area contributed by atoms with E-state index in [1.54, 1.807) is 36.8 Å². The quantitative estimate of drug-likeness (QED) is 0.210. The number of hydrogen-bond acceptors (Lipinski definition) is 10. The van der Waals surface area contributed by atoms with Crippen molar-refractivity contribution in [3.8, 4) is 26.8 Å². The van der Waals surface area contributed by atoms with E-state index in [0.717, 1.165) is 33.1 Å². The standard InChI is InChI=1S/C20H12N4O7S2/c25-23(26)15-5-8-19(17(10-15)24(27)28)33(29,30)31-16-6-3-13(4-7-16)18-12-22-20(32-18)14-2-1-9-21-11-14/h1-12H. The molecule has 0 fully saturated rings. The molecule has 0 radical (unpaired) electrons. The molecule has 2 aromatic heterocycles. The van der Waals surface area contributed by atoms with Crippen molar-refractivity contribution in [3.63, 3.8) is 0 Å². The minimum Gasteiger partial charge on any atom is -0.379 e. The first kappa shape index (κ1) is 22.0. The van der Waals surface area contributed by atoms with Gasteiger partial charge >= 0.3 is 10.1 Å². The van der Waals surface area contributed by atoms with E-state index in [4.69, 9.17) is 4.18 Å². The molecule has 0 aliphatic carbocycles. The van der Waals surface area contributed by atoms with Gasteiger partial charge in [0.05, 0.1) is 20.8 Å². The lowest BCUT2D eigenvalue weighted by atomic mass is 10.2. The fraction of sp³-hybridized carbons (Fsp3) is 0. The molecule has 4 aromatic rings. The molecule has 0 N–H and O–H groups in total. The van der Waals surface area contributed by atoms with Crippen LogP contribution >= 0.6 is 11.3 Å². The van der Waals surface area contributed by atoms with Gasteiger partial charge in [0, 0.05) is 30.2 Å². The van der Waals surface area contributed by atoms with Crippen LogP contribution in [0.3, 0.4) is 0 Å². The molecule has 13 heteroatoms. The van der Waals surface area contributed by atoms with Gasteiger partial charge in [-0.05, 0) is 48.0 Å². The van der Waals surface area contributed by atoms with E-state index in [0.29, 0.717) is 6.07 Å². The summed E-state index contributed by atoms with van der Waals surface area (Å²) >= 11 is 1.42. The van der Waals surface area contributed by atoms with Gasteiger partial charge in [-0.25, -0.2) is 4.98 Å². The van der Waals surface area contributed by atoms with Gasteiger partial charge in [0.2, 0.25) is 0 Å². The number of pyridine rings is 1. The van der Waals surface area contributed by atoms with E-state index >= 15 is 0 Å². The first-order valence-corrected chi connectivity index (χ1v) is 11.3. The highest BCUT2D eigenvalue weighted by molar-refractivity contribution is 7.87. The van der Waals surface area contributed by atoms with Crippen LogP contribution in [-0.4, -0.2) is 28.2 Å². The van der Waals surface area contributed by atoms with Crippen LogP contribution in [0.1, 0.15) is 0 Å². The molecular formula is C20H12N4O7S2. The molecule has 4 rings (SSSR count). The van der Waals surface area contributed by atoms with E-state index in [9.17, 15) is 28.6 Å². The van der Waals surface area contributed by atoms with Gasteiger partial charge in [0.1, 0.15) is 10.8 Å². The third-order valence-electron chi connectivity index (χ3n) is 4.38. The van der Waals surface area contributed by atoms with E-state index < -0.39 is 36.2 Å². The number of nitrogens with zero attached hydrogens (tertiary/aromatic N) is 4. The van der Waals surface area contributed by atoms with E-state index in [2.05, 4.69) is 9.97 Å². The Labute approximate surface area is 190 Å². The van der Waals surface area contributed by atoms with Crippen molar-refractivity contribution in [2.45, 2.75) is 4.90 Å². The van der Waals surface area contributed by atoms with Crippen LogP contribution in [0.25, 0.3) is 21.0 Å². The van der Waals surface area contributed by atoms with Crippen molar-refractivity contribution in [1.82, 2.24) is 9.97 Å². The lowest BCUT2D eigenvalue weighted by Crippen LogP contribution is -2.12. The molecule has 0 aliphatic rings. The summed E-state index contributed by atoms with van der Waals surface area (Å²) < 4.78 is 30.2. The number of aromatic nitrogens is 2. The van der Waals surface area contributed by atoms with Crippen LogP contribution in [-0.2, 0) is 10.1 Å². The topological polar surface area (TPSA) is 155 Å². The van der Waals surface area contributed by atoms with Gasteiger partial charge in [-0.15, -0.1) is 11.3 Å². The Morgan fingerprint density at radius 1 is 0.909 bits per heavy atom. The SMILES string of the molecule is O=[N+]([O-])c1ccc(S(=O)(=O)Oc2ccc(-c3cnc(-c4cccnc4)s3)cc2)c([N+](=O)[O-])c1. The van der Waals surface area contributed by atoms with Crippen molar-refractivity contribution < 1.29 is 22.4 Å². The second-order valence-electron chi connectivity index (χ2n) is 6.50. The molecular weight excluding hydrogens is 472 g/mol. The van der Waals surface area contributed by atoms with Crippen molar-refractivity contribution in [2.75, 3.05) is 0 Å². The summed E-state index contributed by atoms with van der Waals surface area (Å²) in [5.74, 6) is -0.0802. The molecule has 11 nitrogen and oxygen atoms in total. The predicted molar refractivity (Wildman–Crippen MR) is 118 cm³/mol. The fourth-order valence-corrected chi connectivity index (χ4v) is 4.84. The summed E-state index contributed by atoms with van der Waals surface area (Å²) in [6, 6.07) is 11.9. The zero-order chi connectivity index (χ0) is 23.6. The normalized spacial score (nSPS) is 11.2. The maximum Gasteiger partial charge on any atom is 0.346 e. The first-order valence-electron chi connectivity index (χ1n) is 9.08. The Morgan fingerprint density at radius 3 is 2.30 bits per heavy atom. The van der Waals surface area contributed by atoms with Gasteiger partial charge < -0.3 is 4.18 Å². The molecule has 2 heterocycles. The van der Waals surface area contributed by atoms with Gasteiger partial charge in [-0.3, -0.25) is 25.2 Å². The third kappa shape index (κ3) is 4.68. The molecule has 0 bridgehead atoms.